The van der Waals surface area contributed by atoms with Gasteiger partial charge < -0.3 is 9.47 Å². The van der Waals surface area contributed by atoms with Gasteiger partial charge in [-0.25, -0.2) is 14.5 Å². The van der Waals surface area contributed by atoms with E-state index in [1.807, 2.05) is 19.9 Å². The van der Waals surface area contributed by atoms with Crippen LogP contribution in [0, 0.1) is 13.8 Å². The highest BCUT2D eigenvalue weighted by Gasteiger charge is 2.37. The molecule has 33 heavy (non-hydrogen) atoms. The third kappa shape index (κ3) is 5.53. The molecule has 4 amide bonds. The fraction of sp³-hybridized carbons (Fsp3) is 0.217. The predicted molar refractivity (Wildman–Crippen MR) is 124 cm³/mol. The van der Waals surface area contributed by atoms with Crippen molar-refractivity contribution in [2.45, 2.75) is 20.8 Å². The molecule has 0 saturated carbocycles. The maximum atomic E-state index is 13.1. The summed E-state index contributed by atoms with van der Waals surface area (Å²) in [5.41, 5.74) is 2.09. The molecule has 2 aromatic carbocycles. The largest absolute Gasteiger partial charge is 0.479 e. The Balaban J connectivity index is 1.92. The van der Waals surface area contributed by atoms with Gasteiger partial charge in [-0.05, 0) is 67.8 Å². The molecule has 0 aliphatic carbocycles. The van der Waals surface area contributed by atoms with Crippen LogP contribution in [0.25, 0.3) is 6.08 Å². The van der Waals surface area contributed by atoms with Crippen LogP contribution in [0.2, 0.25) is 10.0 Å². The summed E-state index contributed by atoms with van der Waals surface area (Å²) >= 11 is 12.5. The first-order chi connectivity index (χ1) is 15.6. The Morgan fingerprint density at radius 2 is 1.64 bits per heavy atom. The number of barbiturate groups is 1. The highest BCUT2D eigenvalue weighted by Crippen LogP contribution is 2.35. The van der Waals surface area contributed by atoms with Gasteiger partial charge in [-0.1, -0.05) is 29.3 Å². The molecule has 1 aliphatic heterocycles. The molecule has 1 aliphatic rings. The molecule has 0 radical (unpaired) electrons. The molecule has 0 aromatic heterocycles. The maximum absolute atomic E-state index is 13.1. The minimum atomic E-state index is -0.847. The number of carbonyl (C=O) groups is 4. The summed E-state index contributed by atoms with van der Waals surface area (Å²) in [6.07, 6.45) is 1.27. The molecule has 0 unspecified atom stereocenters. The monoisotopic (exact) mass is 490 g/mol. The standard InChI is InChI=1S/C23H20Cl2N2O6/c1-4-32-19(28)11-33-20-17(24)9-14(10-18(20)25)8-16-21(29)26-23(31)27(22(16)30)15-6-12(2)5-13(3)7-15/h5-10H,4,11H2,1-3H3,(H,26,29,31)/b16-8+. The molecule has 0 spiro atoms. The minimum absolute atomic E-state index is 0.0556. The zero-order valence-corrected chi connectivity index (χ0v) is 19.5. The average Bonchev–Trinajstić information content (AvgIpc) is 2.70. The number of hydrogen-bond donors (Lipinski definition) is 1. The second-order valence-electron chi connectivity index (χ2n) is 7.21. The van der Waals surface area contributed by atoms with Crippen LogP contribution in [0.3, 0.4) is 0 Å². The van der Waals surface area contributed by atoms with Crippen LogP contribution in [0.5, 0.6) is 5.75 Å². The third-order valence-electron chi connectivity index (χ3n) is 4.54. The number of imide groups is 2. The molecule has 1 fully saturated rings. The number of amides is 4. The molecule has 2 aromatic rings. The quantitative estimate of drug-likeness (QED) is 0.369. The number of aryl methyl sites for hydroxylation is 2. The van der Waals surface area contributed by atoms with Crippen molar-refractivity contribution in [3.05, 3.63) is 62.6 Å². The predicted octanol–water partition coefficient (Wildman–Crippen LogP) is 4.22. The number of hydrogen-bond acceptors (Lipinski definition) is 6. The fourth-order valence-corrected chi connectivity index (χ4v) is 3.89. The van der Waals surface area contributed by atoms with Gasteiger partial charge in [0.15, 0.2) is 12.4 Å². The summed E-state index contributed by atoms with van der Waals surface area (Å²) in [5, 5.41) is 2.29. The Morgan fingerprint density at radius 3 is 2.21 bits per heavy atom. The second kappa shape index (κ2) is 10.1. The molecule has 0 atom stereocenters. The molecule has 1 saturated heterocycles. The lowest BCUT2D eigenvalue weighted by atomic mass is 10.1. The Hall–Kier alpha value is -3.36. The van der Waals surface area contributed by atoms with Crippen molar-refractivity contribution in [2.24, 2.45) is 0 Å². The number of benzene rings is 2. The number of carbonyl (C=O) groups excluding carboxylic acids is 4. The van der Waals surface area contributed by atoms with Crippen LogP contribution in [0.4, 0.5) is 10.5 Å². The number of nitrogens with one attached hydrogen (secondary N) is 1. The highest BCUT2D eigenvalue weighted by atomic mass is 35.5. The van der Waals surface area contributed by atoms with E-state index in [2.05, 4.69) is 5.32 Å². The van der Waals surface area contributed by atoms with E-state index in [1.54, 1.807) is 19.1 Å². The van der Waals surface area contributed by atoms with E-state index in [0.29, 0.717) is 11.3 Å². The summed E-state index contributed by atoms with van der Waals surface area (Å²) in [4.78, 5) is 50.3. The average molecular weight is 491 g/mol. The number of halogens is 2. The molecule has 3 rings (SSSR count). The Morgan fingerprint density at radius 1 is 1.03 bits per heavy atom. The van der Waals surface area contributed by atoms with E-state index in [9.17, 15) is 19.2 Å². The minimum Gasteiger partial charge on any atom is -0.479 e. The normalized spacial score (nSPS) is 15.0. The molecule has 172 valence electrons. The lowest BCUT2D eigenvalue weighted by Gasteiger charge is -2.27. The van der Waals surface area contributed by atoms with Gasteiger partial charge >= 0.3 is 12.0 Å². The van der Waals surface area contributed by atoms with Crippen LogP contribution in [0.1, 0.15) is 23.6 Å². The van der Waals surface area contributed by atoms with Crippen LogP contribution in [-0.2, 0) is 19.1 Å². The summed E-state index contributed by atoms with van der Waals surface area (Å²) < 4.78 is 10.1. The molecule has 10 heteroatoms. The zero-order valence-electron chi connectivity index (χ0n) is 18.0. The van der Waals surface area contributed by atoms with Crippen molar-refractivity contribution in [3.8, 4) is 5.75 Å². The smallest absolute Gasteiger partial charge is 0.344 e. The van der Waals surface area contributed by atoms with Gasteiger partial charge in [0, 0.05) is 0 Å². The van der Waals surface area contributed by atoms with Crippen LogP contribution in [0.15, 0.2) is 35.9 Å². The number of ether oxygens (including phenoxy) is 2. The first-order valence-electron chi connectivity index (χ1n) is 9.88. The van der Waals surface area contributed by atoms with Gasteiger partial charge in [0.2, 0.25) is 0 Å². The number of esters is 1. The van der Waals surface area contributed by atoms with E-state index < -0.39 is 23.8 Å². The molecule has 1 N–H and O–H groups in total. The van der Waals surface area contributed by atoms with Crippen LogP contribution in [-0.4, -0.2) is 37.0 Å². The van der Waals surface area contributed by atoms with Gasteiger partial charge in [0.1, 0.15) is 5.57 Å². The summed E-state index contributed by atoms with van der Waals surface area (Å²) in [7, 11) is 0. The Bertz CT molecular complexity index is 1150. The first kappa shape index (κ1) is 24.3. The van der Waals surface area contributed by atoms with Crippen molar-refractivity contribution in [1.82, 2.24) is 5.32 Å². The number of anilines is 1. The summed E-state index contributed by atoms with van der Waals surface area (Å²) in [6, 6.07) is 7.22. The lowest BCUT2D eigenvalue weighted by molar-refractivity contribution is -0.145. The first-order valence-corrected chi connectivity index (χ1v) is 10.6. The number of rotatable bonds is 6. The van der Waals surface area contributed by atoms with Gasteiger partial charge in [0.05, 0.1) is 22.3 Å². The van der Waals surface area contributed by atoms with Gasteiger partial charge in [-0.3, -0.25) is 14.9 Å². The van der Waals surface area contributed by atoms with Crippen LogP contribution >= 0.6 is 23.2 Å². The molecule has 0 bridgehead atoms. The van der Waals surface area contributed by atoms with Crippen molar-refractivity contribution < 1.29 is 28.7 Å². The summed E-state index contributed by atoms with van der Waals surface area (Å²) in [5.74, 6) is -2.17. The van der Waals surface area contributed by atoms with Crippen LogP contribution < -0.4 is 15.0 Å². The molecule has 8 nitrogen and oxygen atoms in total. The van der Waals surface area contributed by atoms with E-state index in [-0.39, 0.29) is 34.6 Å². The second-order valence-corrected chi connectivity index (χ2v) is 8.03. The SMILES string of the molecule is CCOC(=O)COc1c(Cl)cc(/C=C2\C(=O)NC(=O)N(c3cc(C)cc(C)c3)C2=O)cc1Cl. The van der Waals surface area contributed by atoms with Gasteiger partial charge in [0.25, 0.3) is 11.8 Å². The molecule has 1 heterocycles. The van der Waals surface area contributed by atoms with E-state index in [0.717, 1.165) is 16.0 Å². The van der Waals surface area contributed by atoms with Crippen molar-refractivity contribution >= 4 is 58.8 Å². The van der Waals surface area contributed by atoms with Gasteiger partial charge in [-0.2, -0.15) is 0 Å². The van der Waals surface area contributed by atoms with E-state index in [1.165, 1.54) is 18.2 Å². The van der Waals surface area contributed by atoms with Crippen molar-refractivity contribution in [1.29, 1.82) is 0 Å². The molecular weight excluding hydrogens is 471 g/mol. The zero-order chi connectivity index (χ0) is 24.3. The van der Waals surface area contributed by atoms with Crippen molar-refractivity contribution in [3.63, 3.8) is 0 Å². The van der Waals surface area contributed by atoms with E-state index in [4.69, 9.17) is 32.7 Å². The lowest BCUT2D eigenvalue weighted by Crippen LogP contribution is -2.54. The molecular formula is C23H20Cl2N2O6. The maximum Gasteiger partial charge on any atom is 0.344 e. The van der Waals surface area contributed by atoms with Gasteiger partial charge in [-0.15, -0.1) is 0 Å². The van der Waals surface area contributed by atoms with Crippen molar-refractivity contribution in [2.75, 3.05) is 18.1 Å². The topological polar surface area (TPSA) is 102 Å². The highest BCUT2D eigenvalue weighted by molar-refractivity contribution is 6.40. The Kier molecular flexibility index (Phi) is 7.40. The third-order valence-corrected chi connectivity index (χ3v) is 5.10. The summed E-state index contributed by atoms with van der Waals surface area (Å²) in [6.45, 7) is 5.15. The fourth-order valence-electron chi connectivity index (χ4n) is 3.27. The number of nitrogens with zero attached hydrogens (tertiary/aromatic N) is 1. The van der Waals surface area contributed by atoms with E-state index >= 15 is 0 Å². The Labute approximate surface area is 200 Å². The number of urea groups is 1.